The Kier molecular flexibility index (Phi) is 8.14. The maximum Gasteiger partial charge on any atom is 0.407 e. The molecule has 2 atom stereocenters. The van der Waals surface area contributed by atoms with Gasteiger partial charge in [0.15, 0.2) is 0 Å². The fourth-order valence-corrected chi connectivity index (χ4v) is 2.12. The van der Waals surface area contributed by atoms with Crippen LogP contribution in [0.1, 0.15) is 26.3 Å². The molecule has 0 radical (unpaired) electrons. The SMILES string of the molecule is [C-]#[N+]/C(C#N)=C\NCC(O)C(Cc1ccccc1)NC(=O)OC(C)(C)C. The lowest BCUT2D eigenvalue weighted by atomic mass is 10.0. The minimum atomic E-state index is -0.954. The van der Waals surface area contributed by atoms with Crippen LogP contribution in [-0.4, -0.2) is 35.5 Å². The first-order valence-corrected chi connectivity index (χ1v) is 8.18. The molecule has 0 bridgehead atoms. The summed E-state index contributed by atoms with van der Waals surface area (Å²) in [5.41, 5.74) is 0.184. The van der Waals surface area contributed by atoms with Crippen molar-refractivity contribution in [2.75, 3.05) is 6.54 Å². The van der Waals surface area contributed by atoms with E-state index in [1.165, 1.54) is 6.20 Å². The molecule has 0 heterocycles. The van der Waals surface area contributed by atoms with Crippen LogP contribution in [-0.2, 0) is 11.2 Å². The number of nitrogens with one attached hydrogen (secondary N) is 2. The zero-order valence-corrected chi connectivity index (χ0v) is 15.2. The fourth-order valence-electron chi connectivity index (χ4n) is 2.12. The molecule has 0 aromatic heterocycles. The second kappa shape index (κ2) is 10.1. The van der Waals surface area contributed by atoms with Gasteiger partial charge in [0.2, 0.25) is 0 Å². The second-order valence-electron chi connectivity index (χ2n) is 6.67. The van der Waals surface area contributed by atoms with E-state index in [-0.39, 0.29) is 12.2 Å². The van der Waals surface area contributed by atoms with Gasteiger partial charge in [0, 0.05) is 12.7 Å². The van der Waals surface area contributed by atoms with Crippen LogP contribution in [0.5, 0.6) is 0 Å². The third-order valence-corrected chi connectivity index (χ3v) is 3.27. The Morgan fingerprint density at radius 1 is 1.42 bits per heavy atom. The zero-order valence-electron chi connectivity index (χ0n) is 15.2. The van der Waals surface area contributed by atoms with E-state index in [0.29, 0.717) is 6.42 Å². The largest absolute Gasteiger partial charge is 0.444 e. The molecule has 3 N–H and O–H groups in total. The standard InChI is InChI=1S/C19H24N4O3/c1-19(2,3)26-18(25)23-16(10-14-8-6-5-7-9-14)17(24)13-22-12-15(11-20)21-4/h5-9,12,16-17,22,24H,10,13H2,1-3H3,(H,23,25)/b15-12-. The number of alkyl carbamates (subject to hydrolysis) is 1. The second-order valence-corrected chi connectivity index (χ2v) is 6.67. The number of hydrogen-bond donors (Lipinski definition) is 3. The molecule has 1 rings (SSSR count). The molecule has 0 saturated heterocycles. The maximum atomic E-state index is 12.1. The van der Waals surface area contributed by atoms with Crippen molar-refractivity contribution in [3.8, 4) is 6.07 Å². The van der Waals surface area contributed by atoms with E-state index in [4.69, 9.17) is 16.6 Å². The van der Waals surface area contributed by atoms with Crippen molar-refractivity contribution >= 4 is 6.09 Å². The van der Waals surface area contributed by atoms with E-state index in [1.807, 2.05) is 30.3 Å². The summed E-state index contributed by atoms with van der Waals surface area (Å²) in [4.78, 5) is 15.1. The van der Waals surface area contributed by atoms with E-state index in [0.717, 1.165) is 5.56 Å². The van der Waals surface area contributed by atoms with Crippen molar-refractivity contribution in [2.24, 2.45) is 0 Å². The van der Waals surface area contributed by atoms with Crippen LogP contribution < -0.4 is 10.6 Å². The molecule has 0 aliphatic heterocycles. The van der Waals surface area contributed by atoms with Crippen LogP contribution in [0, 0.1) is 17.9 Å². The van der Waals surface area contributed by atoms with Gasteiger partial charge in [0.05, 0.1) is 24.8 Å². The smallest absolute Gasteiger partial charge is 0.407 e. The number of hydrogen-bond acceptors (Lipinski definition) is 5. The van der Waals surface area contributed by atoms with Crippen molar-refractivity contribution in [2.45, 2.75) is 44.9 Å². The predicted molar refractivity (Wildman–Crippen MR) is 97.6 cm³/mol. The molecule has 26 heavy (non-hydrogen) atoms. The maximum absolute atomic E-state index is 12.1. The molecule has 0 spiro atoms. The highest BCUT2D eigenvalue weighted by molar-refractivity contribution is 5.68. The van der Waals surface area contributed by atoms with Gasteiger partial charge >= 0.3 is 6.09 Å². The van der Waals surface area contributed by atoms with E-state index in [1.54, 1.807) is 26.8 Å². The Hall–Kier alpha value is -3.03. The zero-order chi connectivity index (χ0) is 19.6. The molecule has 1 aromatic rings. The van der Waals surface area contributed by atoms with Gasteiger partial charge < -0.3 is 20.5 Å². The lowest BCUT2D eigenvalue weighted by molar-refractivity contribution is 0.0425. The summed E-state index contributed by atoms with van der Waals surface area (Å²) in [6.45, 7) is 12.2. The molecule has 1 amide bonds. The van der Waals surface area contributed by atoms with Crippen LogP contribution in [0.4, 0.5) is 4.79 Å². The lowest BCUT2D eigenvalue weighted by Gasteiger charge is -2.27. The minimum absolute atomic E-state index is 0.0635. The first-order valence-electron chi connectivity index (χ1n) is 8.18. The lowest BCUT2D eigenvalue weighted by Crippen LogP contribution is -2.49. The molecule has 7 heteroatoms. The van der Waals surface area contributed by atoms with Gasteiger partial charge in [-0.3, -0.25) is 0 Å². The average molecular weight is 356 g/mol. The van der Waals surface area contributed by atoms with Crippen molar-refractivity contribution in [3.05, 3.63) is 59.2 Å². The van der Waals surface area contributed by atoms with E-state index >= 15 is 0 Å². The molecule has 0 aliphatic rings. The quantitative estimate of drug-likeness (QED) is 0.514. The number of allylic oxidation sites excluding steroid dienone is 1. The number of carbonyl (C=O) groups excluding carboxylic acids is 1. The van der Waals surface area contributed by atoms with Gasteiger partial charge in [-0.25, -0.2) is 14.9 Å². The highest BCUT2D eigenvalue weighted by atomic mass is 16.6. The van der Waals surface area contributed by atoms with Crippen LogP contribution in [0.15, 0.2) is 42.2 Å². The first-order chi connectivity index (χ1) is 12.2. The molecular weight excluding hydrogens is 332 g/mol. The first kappa shape index (κ1) is 21.0. The summed E-state index contributed by atoms with van der Waals surface area (Å²) in [7, 11) is 0. The Morgan fingerprint density at radius 2 is 2.08 bits per heavy atom. The van der Waals surface area contributed by atoms with Crippen LogP contribution >= 0.6 is 0 Å². The summed E-state index contributed by atoms with van der Waals surface area (Å²) in [6.07, 6.45) is 0.0701. The number of ether oxygens (including phenoxy) is 1. The Bertz CT molecular complexity index is 680. The van der Waals surface area contributed by atoms with Gasteiger partial charge in [-0.2, -0.15) is 0 Å². The fraction of sp³-hybridized carbons (Fsp3) is 0.421. The number of benzene rings is 1. The summed E-state index contributed by atoms with van der Waals surface area (Å²) < 4.78 is 5.26. The van der Waals surface area contributed by atoms with Crippen LogP contribution in [0.25, 0.3) is 4.85 Å². The van der Waals surface area contributed by atoms with Gasteiger partial charge in [-0.05, 0) is 32.8 Å². The Balaban J connectivity index is 2.79. The number of amides is 1. The number of aliphatic hydroxyl groups is 1. The number of rotatable bonds is 7. The van der Waals surface area contributed by atoms with Gasteiger partial charge in [0.1, 0.15) is 5.60 Å². The van der Waals surface area contributed by atoms with E-state index in [9.17, 15) is 9.90 Å². The molecule has 1 aromatic carbocycles. The third kappa shape index (κ3) is 8.18. The molecule has 7 nitrogen and oxygen atoms in total. The van der Waals surface area contributed by atoms with E-state index < -0.39 is 23.8 Å². The van der Waals surface area contributed by atoms with Crippen LogP contribution in [0.3, 0.4) is 0 Å². The van der Waals surface area contributed by atoms with Crippen molar-refractivity contribution in [1.82, 2.24) is 10.6 Å². The Morgan fingerprint density at radius 3 is 2.62 bits per heavy atom. The topological polar surface area (TPSA) is 98.7 Å². The number of aliphatic hydroxyl groups excluding tert-OH is 1. The van der Waals surface area contributed by atoms with E-state index in [2.05, 4.69) is 15.5 Å². The van der Waals surface area contributed by atoms with Crippen LogP contribution in [0.2, 0.25) is 0 Å². The Labute approximate surface area is 154 Å². The summed E-state index contributed by atoms with van der Waals surface area (Å²) in [6, 6.07) is 10.6. The van der Waals surface area contributed by atoms with Crippen molar-refractivity contribution < 1.29 is 14.6 Å². The summed E-state index contributed by atoms with van der Waals surface area (Å²) >= 11 is 0. The highest BCUT2D eigenvalue weighted by Crippen LogP contribution is 2.10. The van der Waals surface area contributed by atoms with Crippen molar-refractivity contribution in [1.29, 1.82) is 5.26 Å². The molecule has 2 unspecified atom stereocenters. The molecule has 138 valence electrons. The summed E-state index contributed by atoms with van der Waals surface area (Å²) in [5, 5.41) is 24.6. The van der Waals surface area contributed by atoms with Gasteiger partial charge in [0.25, 0.3) is 5.70 Å². The predicted octanol–water partition coefficient (Wildman–Crippen LogP) is 2.36. The minimum Gasteiger partial charge on any atom is -0.444 e. The molecule has 0 aliphatic carbocycles. The molecular formula is C19H24N4O3. The average Bonchev–Trinajstić information content (AvgIpc) is 2.57. The molecule has 0 saturated carbocycles. The third-order valence-electron chi connectivity index (χ3n) is 3.27. The van der Waals surface area contributed by atoms with Gasteiger partial charge in [-0.1, -0.05) is 30.3 Å². The summed E-state index contributed by atoms with van der Waals surface area (Å²) in [5.74, 6) is 0. The monoisotopic (exact) mass is 356 g/mol. The highest BCUT2D eigenvalue weighted by Gasteiger charge is 2.24. The number of nitriles is 1. The number of carbonyl (C=O) groups is 1. The van der Waals surface area contributed by atoms with Gasteiger partial charge in [-0.15, -0.1) is 0 Å². The molecule has 0 fully saturated rings. The van der Waals surface area contributed by atoms with Crippen molar-refractivity contribution in [3.63, 3.8) is 0 Å². The normalized spacial score (nSPS) is 13.7. The number of nitrogens with zero attached hydrogens (tertiary/aromatic N) is 2.